The number of carbonyl (C=O) groups is 1. The molecule has 2 aliphatic rings. The first-order chi connectivity index (χ1) is 13.3. The van der Waals surface area contributed by atoms with Crippen molar-refractivity contribution in [3.63, 3.8) is 0 Å². The highest BCUT2D eigenvalue weighted by Crippen LogP contribution is 2.24. The molecule has 0 spiro atoms. The molecule has 144 valence electrons. The average Bonchev–Trinajstić information content (AvgIpc) is 3.12. The number of anilines is 1. The molecule has 1 atom stereocenters. The van der Waals surface area contributed by atoms with Crippen molar-refractivity contribution in [2.75, 3.05) is 50.9 Å². The number of carbonyl (C=O) groups excluding carboxylic acids is 1. The first kappa shape index (κ1) is 18.0. The largest absolute Gasteiger partial charge is 0.378 e. The Labute approximate surface area is 159 Å². The predicted octanol–water partition coefficient (Wildman–Crippen LogP) is 1.65. The van der Waals surface area contributed by atoms with Crippen molar-refractivity contribution < 1.29 is 14.3 Å². The Kier molecular flexibility index (Phi) is 5.69. The molecule has 2 aliphatic heterocycles. The van der Waals surface area contributed by atoms with Gasteiger partial charge in [-0.1, -0.05) is 12.1 Å². The van der Waals surface area contributed by atoms with Gasteiger partial charge in [-0.05, 0) is 24.6 Å². The summed E-state index contributed by atoms with van der Waals surface area (Å²) in [5.74, 6) is 0.0769. The number of morpholine rings is 1. The smallest absolute Gasteiger partial charge is 0.256 e. The lowest BCUT2D eigenvalue weighted by Gasteiger charge is -2.32. The highest BCUT2D eigenvalue weighted by molar-refractivity contribution is 5.99. The Morgan fingerprint density at radius 1 is 1.11 bits per heavy atom. The standard InChI is InChI=1S/C20H26N4O3/c25-20(18-5-1-2-6-19(18)22-10-13-26-14-11-22)23-8-4-12-27-17(15-23)16-24-9-3-7-21-24/h1-3,5-7,9,17H,4,8,10-16H2/t17-/m1/s1. The predicted molar refractivity (Wildman–Crippen MR) is 102 cm³/mol. The minimum absolute atomic E-state index is 0.0492. The number of hydrogen-bond acceptors (Lipinski definition) is 5. The topological polar surface area (TPSA) is 59.8 Å². The van der Waals surface area contributed by atoms with E-state index in [1.807, 2.05) is 46.1 Å². The van der Waals surface area contributed by atoms with E-state index in [2.05, 4.69) is 10.00 Å². The van der Waals surface area contributed by atoms with Gasteiger partial charge in [0.2, 0.25) is 0 Å². The van der Waals surface area contributed by atoms with Gasteiger partial charge in [-0.25, -0.2) is 0 Å². The van der Waals surface area contributed by atoms with E-state index >= 15 is 0 Å². The fourth-order valence-electron chi connectivity index (χ4n) is 3.71. The van der Waals surface area contributed by atoms with E-state index in [-0.39, 0.29) is 12.0 Å². The Bertz CT molecular complexity index is 743. The highest BCUT2D eigenvalue weighted by Gasteiger charge is 2.26. The van der Waals surface area contributed by atoms with Crippen molar-refractivity contribution in [1.29, 1.82) is 0 Å². The van der Waals surface area contributed by atoms with Crippen LogP contribution in [0.25, 0.3) is 0 Å². The zero-order chi connectivity index (χ0) is 18.5. The second-order valence-corrected chi connectivity index (χ2v) is 6.94. The summed E-state index contributed by atoms with van der Waals surface area (Å²) in [5, 5.41) is 4.26. The minimum atomic E-state index is -0.0492. The van der Waals surface area contributed by atoms with Gasteiger partial charge in [0.15, 0.2) is 0 Å². The Hall–Kier alpha value is -2.38. The van der Waals surface area contributed by atoms with Gasteiger partial charge in [0.25, 0.3) is 5.91 Å². The van der Waals surface area contributed by atoms with Crippen LogP contribution in [0.3, 0.4) is 0 Å². The number of amides is 1. The molecule has 7 heteroatoms. The van der Waals surface area contributed by atoms with Gasteiger partial charge >= 0.3 is 0 Å². The van der Waals surface area contributed by atoms with E-state index in [1.165, 1.54) is 0 Å². The number of para-hydroxylation sites is 1. The Balaban J connectivity index is 1.51. The number of nitrogens with zero attached hydrogens (tertiary/aromatic N) is 4. The van der Waals surface area contributed by atoms with Crippen LogP contribution in [0, 0.1) is 0 Å². The van der Waals surface area contributed by atoms with Crippen molar-refractivity contribution in [2.24, 2.45) is 0 Å². The molecule has 3 heterocycles. The van der Waals surface area contributed by atoms with Gasteiger partial charge in [-0.2, -0.15) is 5.10 Å². The molecule has 2 saturated heterocycles. The summed E-state index contributed by atoms with van der Waals surface area (Å²) in [7, 11) is 0. The molecule has 7 nitrogen and oxygen atoms in total. The molecule has 1 amide bonds. The van der Waals surface area contributed by atoms with E-state index in [9.17, 15) is 4.79 Å². The molecule has 2 aromatic rings. The van der Waals surface area contributed by atoms with E-state index < -0.39 is 0 Å². The van der Waals surface area contributed by atoms with Gasteiger partial charge in [-0.3, -0.25) is 9.48 Å². The van der Waals surface area contributed by atoms with Crippen molar-refractivity contribution in [3.05, 3.63) is 48.3 Å². The summed E-state index contributed by atoms with van der Waals surface area (Å²) < 4.78 is 13.3. The summed E-state index contributed by atoms with van der Waals surface area (Å²) in [5.41, 5.74) is 1.76. The van der Waals surface area contributed by atoms with Crippen LogP contribution in [0.2, 0.25) is 0 Å². The lowest BCUT2D eigenvalue weighted by atomic mass is 10.1. The van der Waals surface area contributed by atoms with E-state index in [0.717, 1.165) is 30.8 Å². The van der Waals surface area contributed by atoms with Crippen LogP contribution in [0.15, 0.2) is 42.7 Å². The summed E-state index contributed by atoms with van der Waals surface area (Å²) in [6.45, 7) is 5.65. The zero-order valence-electron chi connectivity index (χ0n) is 15.5. The number of benzene rings is 1. The molecule has 2 fully saturated rings. The maximum absolute atomic E-state index is 13.4. The second kappa shape index (κ2) is 8.54. The quantitative estimate of drug-likeness (QED) is 0.819. The highest BCUT2D eigenvalue weighted by atomic mass is 16.5. The summed E-state index contributed by atoms with van der Waals surface area (Å²) in [6.07, 6.45) is 4.49. The maximum atomic E-state index is 13.4. The van der Waals surface area contributed by atoms with Crippen LogP contribution in [0.5, 0.6) is 0 Å². The summed E-state index contributed by atoms with van der Waals surface area (Å²) >= 11 is 0. The van der Waals surface area contributed by atoms with Crippen LogP contribution in [0.4, 0.5) is 5.69 Å². The van der Waals surface area contributed by atoms with Gasteiger partial charge in [0.1, 0.15) is 0 Å². The average molecular weight is 370 g/mol. The van der Waals surface area contributed by atoms with Crippen LogP contribution in [-0.2, 0) is 16.0 Å². The van der Waals surface area contributed by atoms with Gasteiger partial charge in [0.05, 0.1) is 31.4 Å². The van der Waals surface area contributed by atoms with Crippen LogP contribution in [-0.4, -0.2) is 72.7 Å². The van der Waals surface area contributed by atoms with Crippen LogP contribution < -0.4 is 4.90 Å². The second-order valence-electron chi connectivity index (χ2n) is 6.94. The third kappa shape index (κ3) is 4.31. The Morgan fingerprint density at radius 2 is 1.96 bits per heavy atom. The molecule has 0 N–H and O–H groups in total. The van der Waals surface area contributed by atoms with Crippen molar-refractivity contribution in [3.8, 4) is 0 Å². The van der Waals surface area contributed by atoms with Gasteiger partial charge in [0, 0.05) is 50.9 Å². The SMILES string of the molecule is O=C(c1ccccc1N1CCOCC1)N1CCCO[C@@H](Cn2cccn2)C1. The molecule has 0 saturated carbocycles. The third-order valence-corrected chi connectivity index (χ3v) is 5.07. The van der Waals surface area contributed by atoms with Crippen molar-refractivity contribution in [2.45, 2.75) is 19.1 Å². The van der Waals surface area contributed by atoms with Crippen LogP contribution in [0.1, 0.15) is 16.8 Å². The fraction of sp³-hybridized carbons (Fsp3) is 0.500. The molecular formula is C20H26N4O3. The van der Waals surface area contributed by atoms with E-state index in [0.29, 0.717) is 39.5 Å². The first-order valence-electron chi connectivity index (χ1n) is 9.61. The third-order valence-electron chi connectivity index (χ3n) is 5.07. The van der Waals surface area contributed by atoms with E-state index in [1.54, 1.807) is 6.20 Å². The monoisotopic (exact) mass is 370 g/mol. The van der Waals surface area contributed by atoms with Crippen LogP contribution >= 0.6 is 0 Å². The minimum Gasteiger partial charge on any atom is -0.378 e. The number of rotatable bonds is 4. The molecule has 0 radical (unpaired) electrons. The molecule has 4 rings (SSSR count). The Morgan fingerprint density at radius 3 is 2.78 bits per heavy atom. The number of aromatic nitrogens is 2. The van der Waals surface area contributed by atoms with E-state index in [4.69, 9.17) is 9.47 Å². The van der Waals surface area contributed by atoms with Gasteiger partial charge < -0.3 is 19.3 Å². The first-order valence-corrected chi connectivity index (χ1v) is 9.61. The van der Waals surface area contributed by atoms with Crippen molar-refractivity contribution >= 4 is 11.6 Å². The molecular weight excluding hydrogens is 344 g/mol. The molecule has 0 aliphatic carbocycles. The number of ether oxygens (including phenoxy) is 2. The zero-order valence-corrected chi connectivity index (χ0v) is 15.5. The molecule has 27 heavy (non-hydrogen) atoms. The lowest BCUT2D eigenvalue weighted by molar-refractivity contribution is 0.0367. The maximum Gasteiger partial charge on any atom is 0.256 e. The molecule has 1 aromatic carbocycles. The molecule has 1 aromatic heterocycles. The summed E-state index contributed by atoms with van der Waals surface area (Å²) in [6, 6.07) is 9.80. The lowest BCUT2D eigenvalue weighted by Crippen LogP contribution is -2.41. The number of hydrogen-bond donors (Lipinski definition) is 0. The summed E-state index contributed by atoms with van der Waals surface area (Å²) in [4.78, 5) is 17.5. The fourth-order valence-corrected chi connectivity index (χ4v) is 3.71. The molecule has 0 unspecified atom stereocenters. The van der Waals surface area contributed by atoms with Gasteiger partial charge in [-0.15, -0.1) is 0 Å². The normalized spacial score (nSPS) is 21.1. The van der Waals surface area contributed by atoms with Crippen molar-refractivity contribution in [1.82, 2.24) is 14.7 Å². The molecule has 0 bridgehead atoms.